The van der Waals surface area contributed by atoms with Crippen LogP contribution in [0.15, 0.2) is 59.3 Å². The third-order valence-electron chi connectivity index (χ3n) is 15.2. The number of aliphatic hydroxyl groups excluding tert-OH is 1. The standard InChI is InChI=1S/C52H78O16/c1-12-28(3)46-31(6)19-20-51(68-46)25-37-22-36(67-51)18-17-30(5)45(29(4)15-14-16-35-26-61-49-44(54)32(7)21-38(50(55)64-37)52(35,49)56)65-42-24-40(58-11)48(34(9)63-42)66-43-23-39(57-10)47(33(8)62-43)60-27-41(53)59-13-2/h14-17,19-21,28-29,31,33-34,36-40,42-49,54,56H,12-13,18,22-27H2,1-11H3/b15-14+,30-17+,35-16+/t28?,29-,31-,33-,34-,36+,37-,38-,39-,40-,42-,43?,44+,45?,46+,47-,48-,49+,51+,52+/m0/s1. The van der Waals surface area contributed by atoms with E-state index in [4.69, 9.17) is 56.8 Å². The maximum Gasteiger partial charge on any atom is 0.332 e. The number of esters is 2. The van der Waals surface area contributed by atoms with Gasteiger partial charge in [-0.1, -0.05) is 70.6 Å². The first-order valence-electron chi connectivity index (χ1n) is 24.9. The lowest BCUT2D eigenvalue weighted by atomic mass is 9.71. The Labute approximate surface area is 402 Å². The Hall–Kier alpha value is -2.84. The Bertz CT molecular complexity index is 1900. The molecule has 16 nitrogen and oxygen atoms in total. The van der Waals surface area contributed by atoms with E-state index in [-0.39, 0.29) is 50.1 Å². The number of hydrogen-bond acceptors (Lipinski definition) is 16. The van der Waals surface area contributed by atoms with Crippen LogP contribution < -0.4 is 0 Å². The van der Waals surface area contributed by atoms with Gasteiger partial charge in [-0.25, -0.2) is 4.79 Å². The average molecular weight is 959 g/mol. The first kappa shape index (κ1) is 53.0. The minimum absolute atomic E-state index is 0.0210. The predicted molar refractivity (Wildman–Crippen MR) is 248 cm³/mol. The number of allylic oxidation sites excluding steroid dienone is 2. The molecule has 0 aromatic rings. The van der Waals surface area contributed by atoms with Crippen LogP contribution in [0.4, 0.5) is 0 Å². The van der Waals surface area contributed by atoms with Crippen molar-refractivity contribution in [2.24, 2.45) is 23.7 Å². The van der Waals surface area contributed by atoms with E-state index in [0.29, 0.717) is 36.8 Å². The van der Waals surface area contributed by atoms with Crippen molar-refractivity contribution in [3.8, 4) is 0 Å². The van der Waals surface area contributed by atoms with Crippen molar-refractivity contribution in [3.63, 3.8) is 0 Å². The minimum atomic E-state index is -1.85. The Balaban J connectivity index is 1.13. The highest BCUT2D eigenvalue weighted by molar-refractivity contribution is 5.78. The molecule has 0 aromatic heterocycles. The van der Waals surface area contributed by atoms with Gasteiger partial charge in [-0.3, -0.25) is 4.79 Å². The van der Waals surface area contributed by atoms with Crippen LogP contribution in [0.2, 0.25) is 0 Å². The van der Waals surface area contributed by atoms with E-state index in [1.807, 2.05) is 39.0 Å². The molecular formula is C52H78O16. The van der Waals surface area contributed by atoms with Crippen LogP contribution in [0.5, 0.6) is 0 Å². The van der Waals surface area contributed by atoms with Crippen molar-refractivity contribution < 1.29 is 76.6 Å². The molecule has 2 bridgehead atoms. The van der Waals surface area contributed by atoms with Gasteiger partial charge in [-0.05, 0) is 69.8 Å². The molecule has 382 valence electrons. The summed E-state index contributed by atoms with van der Waals surface area (Å²) in [4.78, 5) is 26.4. The van der Waals surface area contributed by atoms with Gasteiger partial charge in [0, 0.05) is 51.7 Å². The molecule has 0 saturated carbocycles. The predicted octanol–water partition coefficient (Wildman–Crippen LogP) is 5.96. The third-order valence-corrected chi connectivity index (χ3v) is 15.2. The normalized spacial score (nSPS) is 45.8. The molecule has 4 fully saturated rings. The summed E-state index contributed by atoms with van der Waals surface area (Å²) in [6.45, 7) is 17.9. The molecule has 16 heteroatoms. The molecule has 4 saturated heterocycles. The quantitative estimate of drug-likeness (QED) is 0.172. The number of methoxy groups -OCH3 is 2. The Kier molecular flexibility index (Phi) is 17.7. The highest BCUT2D eigenvalue weighted by Gasteiger charge is 2.60. The van der Waals surface area contributed by atoms with Crippen LogP contribution in [0.1, 0.15) is 101 Å². The van der Waals surface area contributed by atoms with Crippen LogP contribution in [0, 0.1) is 23.7 Å². The summed E-state index contributed by atoms with van der Waals surface area (Å²) in [6.07, 6.45) is 8.47. The number of aliphatic hydroxyl groups is 2. The second kappa shape index (κ2) is 22.7. The van der Waals surface area contributed by atoms with Gasteiger partial charge in [-0.15, -0.1) is 0 Å². The molecule has 68 heavy (non-hydrogen) atoms. The number of carbonyl (C=O) groups is 2. The maximum atomic E-state index is 14.4. The lowest BCUT2D eigenvalue weighted by molar-refractivity contribution is -0.320. The third kappa shape index (κ3) is 11.4. The van der Waals surface area contributed by atoms with Crippen molar-refractivity contribution in [1.82, 2.24) is 0 Å². The fourth-order valence-corrected chi connectivity index (χ4v) is 11.2. The average Bonchev–Trinajstić information content (AvgIpc) is 3.65. The summed E-state index contributed by atoms with van der Waals surface area (Å²) in [5.74, 6) is -3.09. The van der Waals surface area contributed by atoms with Gasteiger partial charge in [-0.2, -0.15) is 0 Å². The van der Waals surface area contributed by atoms with Crippen LogP contribution in [0.25, 0.3) is 0 Å². The molecule has 7 aliphatic rings. The summed E-state index contributed by atoms with van der Waals surface area (Å²) < 4.78 is 75.5. The zero-order chi connectivity index (χ0) is 49.1. The van der Waals surface area contributed by atoms with Crippen molar-refractivity contribution >= 4 is 11.9 Å². The van der Waals surface area contributed by atoms with E-state index in [1.54, 1.807) is 40.2 Å². The zero-order valence-corrected chi connectivity index (χ0v) is 41.9. The summed E-state index contributed by atoms with van der Waals surface area (Å²) in [5, 5.41) is 23.8. The smallest absolute Gasteiger partial charge is 0.332 e. The van der Waals surface area contributed by atoms with E-state index >= 15 is 0 Å². The fraction of sp³-hybridized carbons (Fsp3) is 0.769. The fourth-order valence-electron chi connectivity index (χ4n) is 11.2. The highest BCUT2D eigenvalue weighted by atomic mass is 16.7. The minimum Gasteiger partial charge on any atom is -0.464 e. The van der Waals surface area contributed by atoms with Crippen LogP contribution in [0.3, 0.4) is 0 Å². The van der Waals surface area contributed by atoms with Crippen LogP contribution in [-0.2, 0) is 66.4 Å². The Morgan fingerprint density at radius 2 is 1.59 bits per heavy atom. The Morgan fingerprint density at radius 3 is 2.28 bits per heavy atom. The van der Waals surface area contributed by atoms with Gasteiger partial charge in [0.15, 0.2) is 18.4 Å². The molecule has 2 N–H and O–H groups in total. The van der Waals surface area contributed by atoms with Gasteiger partial charge in [0.2, 0.25) is 0 Å². The monoisotopic (exact) mass is 959 g/mol. The molecule has 0 amide bonds. The Morgan fingerprint density at radius 1 is 0.897 bits per heavy atom. The number of fused-ring (bicyclic) bond motifs is 2. The molecule has 6 aliphatic heterocycles. The molecule has 20 atom stereocenters. The van der Waals surface area contributed by atoms with Gasteiger partial charge < -0.3 is 67.1 Å². The molecule has 3 unspecified atom stereocenters. The second-order valence-corrected chi connectivity index (χ2v) is 20.0. The lowest BCUT2D eigenvalue weighted by Crippen LogP contribution is -2.58. The summed E-state index contributed by atoms with van der Waals surface area (Å²) >= 11 is 0. The summed E-state index contributed by atoms with van der Waals surface area (Å²) in [6, 6.07) is 0. The molecule has 6 heterocycles. The van der Waals surface area contributed by atoms with E-state index in [1.165, 1.54) is 0 Å². The topological polar surface area (TPSA) is 185 Å². The second-order valence-electron chi connectivity index (χ2n) is 20.0. The van der Waals surface area contributed by atoms with Crippen LogP contribution >= 0.6 is 0 Å². The van der Waals surface area contributed by atoms with Gasteiger partial charge in [0.05, 0.1) is 55.9 Å². The SMILES string of the molecule is CCOC(=O)CO[C@H]1[C@H](C)OC(O[C@H]2[C@H](C)O[C@@H](OC3/C(C)=C/C[C@@H]4C[C@@H](C[C@]5(C=C[C@H](C)[C@@H](C(C)CC)O5)O4)OC(=O)[C@@H]4C=C(C)[C@@H](O)[C@H]5OC/C(=C\C=C\[C@@H]3C)[C@]54O)C[C@@H]2OC)C[C@@H]1OC. The van der Waals surface area contributed by atoms with Gasteiger partial charge in [0.25, 0.3) is 0 Å². The van der Waals surface area contributed by atoms with E-state index < -0.39 is 109 Å². The first-order valence-corrected chi connectivity index (χ1v) is 24.9. The number of ether oxygens (including phenoxy) is 12. The maximum absolute atomic E-state index is 14.4. The molecule has 1 spiro atoms. The van der Waals surface area contributed by atoms with E-state index in [0.717, 1.165) is 12.0 Å². The summed E-state index contributed by atoms with van der Waals surface area (Å²) in [5.41, 5.74) is 0.0910. The number of carbonyl (C=O) groups excluding carboxylic acids is 2. The molecule has 0 radical (unpaired) electrons. The summed E-state index contributed by atoms with van der Waals surface area (Å²) in [7, 11) is 3.24. The molecular weight excluding hydrogens is 881 g/mol. The van der Waals surface area contributed by atoms with Crippen LogP contribution in [-0.4, -0.2) is 153 Å². The molecule has 7 rings (SSSR count). The van der Waals surface area contributed by atoms with E-state index in [2.05, 4.69) is 39.8 Å². The lowest BCUT2D eigenvalue weighted by Gasteiger charge is -2.48. The van der Waals surface area contributed by atoms with Gasteiger partial charge >= 0.3 is 11.9 Å². The highest BCUT2D eigenvalue weighted by Crippen LogP contribution is 2.47. The van der Waals surface area contributed by atoms with Crippen molar-refractivity contribution in [3.05, 3.63) is 59.3 Å². The molecule has 0 aromatic carbocycles. The van der Waals surface area contributed by atoms with Crippen molar-refractivity contribution in [2.45, 2.75) is 198 Å². The van der Waals surface area contributed by atoms with Crippen molar-refractivity contribution in [2.75, 3.05) is 34.0 Å². The molecule has 1 aliphatic carbocycles. The number of hydrogen-bond donors (Lipinski definition) is 2. The zero-order valence-electron chi connectivity index (χ0n) is 41.9. The first-order chi connectivity index (χ1) is 32.4. The largest absolute Gasteiger partial charge is 0.464 e. The number of rotatable bonds is 12. The van der Waals surface area contributed by atoms with Crippen molar-refractivity contribution in [1.29, 1.82) is 0 Å². The van der Waals surface area contributed by atoms with E-state index in [9.17, 15) is 19.8 Å². The van der Waals surface area contributed by atoms with Gasteiger partial charge in [0.1, 0.15) is 48.6 Å².